The van der Waals surface area contributed by atoms with Gasteiger partial charge in [-0.15, -0.1) is 0 Å². The summed E-state index contributed by atoms with van der Waals surface area (Å²) in [5.41, 5.74) is 0.179. The highest BCUT2D eigenvalue weighted by atomic mass is 16.3. The van der Waals surface area contributed by atoms with Crippen molar-refractivity contribution in [2.75, 3.05) is 31.6 Å². The van der Waals surface area contributed by atoms with E-state index < -0.39 is 5.41 Å². The van der Waals surface area contributed by atoms with Crippen LogP contribution in [0.2, 0.25) is 0 Å². The van der Waals surface area contributed by atoms with Gasteiger partial charge in [0.2, 0.25) is 5.91 Å². The lowest BCUT2D eigenvalue weighted by Gasteiger charge is -2.30. The number of amides is 1. The monoisotopic (exact) mass is 357 g/mol. The number of H-pyrrole nitrogens is 1. The van der Waals surface area contributed by atoms with Crippen LogP contribution in [0.1, 0.15) is 26.7 Å². The first-order valence-corrected chi connectivity index (χ1v) is 9.32. The van der Waals surface area contributed by atoms with Crippen LogP contribution < -0.4 is 4.90 Å². The molecule has 2 fully saturated rings. The molecule has 1 saturated heterocycles. The van der Waals surface area contributed by atoms with E-state index in [9.17, 15) is 9.90 Å². The lowest BCUT2D eigenvalue weighted by atomic mass is 9.93. The van der Waals surface area contributed by atoms with Gasteiger partial charge in [-0.2, -0.15) is 0 Å². The molecule has 0 bridgehead atoms. The maximum absolute atomic E-state index is 12.6. The molecule has 0 radical (unpaired) electrons. The summed E-state index contributed by atoms with van der Waals surface area (Å²) < 4.78 is 0. The predicted molar refractivity (Wildman–Crippen MR) is 99.7 cm³/mol. The number of aromatic amines is 1. The van der Waals surface area contributed by atoms with Gasteiger partial charge in [0.25, 0.3) is 0 Å². The molecule has 1 aliphatic heterocycles. The van der Waals surface area contributed by atoms with Crippen LogP contribution in [-0.4, -0.2) is 63.7 Å². The van der Waals surface area contributed by atoms with E-state index in [1.54, 1.807) is 6.33 Å². The second kappa shape index (κ2) is 6.23. The van der Waals surface area contributed by atoms with Crippen LogP contribution in [-0.2, 0) is 4.79 Å². The molecule has 0 spiro atoms. The van der Waals surface area contributed by atoms with E-state index in [4.69, 9.17) is 0 Å². The van der Waals surface area contributed by atoms with Crippen LogP contribution >= 0.6 is 0 Å². The molecule has 7 heteroatoms. The van der Waals surface area contributed by atoms with Crippen molar-refractivity contribution in [3.63, 3.8) is 0 Å². The Hall–Kier alpha value is -2.15. The predicted octanol–water partition coefficient (Wildman–Crippen LogP) is 1.65. The number of aromatic nitrogens is 3. The Morgan fingerprint density at radius 2 is 2.04 bits per heavy atom. The molecule has 1 saturated carbocycles. The van der Waals surface area contributed by atoms with Crippen molar-refractivity contribution in [1.82, 2.24) is 19.9 Å². The Morgan fingerprint density at radius 3 is 2.69 bits per heavy atom. The number of fused-ring (bicyclic) bond motifs is 2. The molecule has 3 heterocycles. The van der Waals surface area contributed by atoms with Crippen LogP contribution in [0.25, 0.3) is 11.0 Å². The summed E-state index contributed by atoms with van der Waals surface area (Å²) in [6.07, 6.45) is 5.64. The summed E-state index contributed by atoms with van der Waals surface area (Å²) in [7, 11) is 2.11. The van der Waals surface area contributed by atoms with Gasteiger partial charge in [0, 0.05) is 32.4 Å². The van der Waals surface area contributed by atoms with Crippen molar-refractivity contribution in [1.29, 1.82) is 0 Å². The number of rotatable bonds is 4. The highest BCUT2D eigenvalue weighted by Gasteiger charge is 2.46. The third-order valence-corrected chi connectivity index (χ3v) is 6.20. The van der Waals surface area contributed by atoms with E-state index >= 15 is 0 Å². The summed E-state index contributed by atoms with van der Waals surface area (Å²) in [6, 6.07) is 2.45. The van der Waals surface area contributed by atoms with Crippen LogP contribution in [0, 0.1) is 17.3 Å². The minimum Gasteiger partial charge on any atom is -0.395 e. The third-order valence-electron chi connectivity index (χ3n) is 6.20. The number of aliphatic hydroxyl groups excluding tert-OH is 1. The first-order valence-electron chi connectivity index (χ1n) is 9.32. The topological polar surface area (TPSA) is 85.4 Å². The SMILES string of the molecule is CN(c1ncnc2[nH]ccc12)[C@@H]1C[C@@H]2CN(C(=O)C(C)(C)CO)C[C@@H]2C1. The smallest absolute Gasteiger partial charge is 0.230 e. The number of carbonyl (C=O) groups is 1. The van der Waals surface area contributed by atoms with E-state index in [0.29, 0.717) is 17.9 Å². The zero-order chi connectivity index (χ0) is 18.5. The molecule has 4 rings (SSSR count). The molecule has 2 aliphatic rings. The van der Waals surface area contributed by atoms with Crippen molar-refractivity contribution >= 4 is 22.8 Å². The molecule has 140 valence electrons. The minimum atomic E-state index is -0.685. The van der Waals surface area contributed by atoms with Crippen LogP contribution in [0.15, 0.2) is 18.6 Å². The Labute approximate surface area is 153 Å². The third kappa shape index (κ3) is 2.74. The van der Waals surface area contributed by atoms with Gasteiger partial charge in [-0.05, 0) is 44.6 Å². The van der Waals surface area contributed by atoms with Crippen molar-refractivity contribution < 1.29 is 9.90 Å². The second-order valence-corrected chi connectivity index (χ2v) is 8.45. The van der Waals surface area contributed by atoms with Gasteiger partial charge in [0.15, 0.2) is 0 Å². The molecule has 7 nitrogen and oxygen atoms in total. The number of hydrogen-bond acceptors (Lipinski definition) is 5. The van der Waals surface area contributed by atoms with Gasteiger partial charge in [-0.1, -0.05) is 0 Å². The molecular formula is C19H27N5O2. The molecule has 26 heavy (non-hydrogen) atoms. The molecule has 3 atom stereocenters. The van der Waals surface area contributed by atoms with Crippen LogP contribution in [0.5, 0.6) is 0 Å². The minimum absolute atomic E-state index is 0.0733. The molecule has 0 aromatic carbocycles. The lowest BCUT2D eigenvalue weighted by molar-refractivity contribution is -0.141. The number of carbonyl (C=O) groups excluding carboxylic acids is 1. The van der Waals surface area contributed by atoms with Crippen LogP contribution in [0.4, 0.5) is 5.82 Å². The number of anilines is 1. The molecular weight excluding hydrogens is 330 g/mol. The van der Waals surface area contributed by atoms with E-state index in [-0.39, 0.29) is 12.5 Å². The van der Waals surface area contributed by atoms with E-state index in [1.807, 2.05) is 31.0 Å². The van der Waals surface area contributed by atoms with Gasteiger partial charge >= 0.3 is 0 Å². The van der Waals surface area contributed by atoms with Crippen LogP contribution in [0.3, 0.4) is 0 Å². The van der Waals surface area contributed by atoms with Gasteiger partial charge in [0.05, 0.1) is 17.4 Å². The fourth-order valence-corrected chi connectivity index (χ4v) is 4.56. The van der Waals surface area contributed by atoms with E-state index in [1.165, 1.54) is 0 Å². The normalized spacial score (nSPS) is 25.7. The Morgan fingerprint density at radius 1 is 1.35 bits per heavy atom. The number of nitrogens with zero attached hydrogens (tertiary/aromatic N) is 4. The number of nitrogens with one attached hydrogen (secondary N) is 1. The first-order chi connectivity index (χ1) is 12.4. The largest absolute Gasteiger partial charge is 0.395 e. The average molecular weight is 357 g/mol. The van der Waals surface area contributed by atoms with Gasteiger partial charge in [0.1, 0.15) is 17.8 Å². The summed E-state index contributed by atoms with van der Waals surface area (Å²) in [5.74, 6) is 2.11. The Kier molecular flexibility index (Phi) is 4.14. The number of hydrogen-bond donors (Lipinski definition) is 2. The average Bonchev–Trinajstić information content (AvgIpc) is 3.33. The van der Waals surface area contributed by atoms with E-state index in [0.717, 1.165) is 42.8 Å². The molecule has 0 unspecified atom stereocenters. The fourth-order valence-electron chi connectivity index (χ4n) is 4.56. The van der Waals surface area contributed by atoms with Crippen molar-refractivity contribution in [2.45, 2.75) is 32.7 Å². The van der Waals surface area contributed by atoms with Gasteiger partial charge < -0.3 is 19.9 Å². The van der Waals surface area contributed by atoms with Crippen molar-refractivity contribution in [3.05, 3.63) is 18.6 Å². The van der Waals surface area contributed by atoms with E-state index in [2.05, 4.69) is 26.9 Å². The van der Waals surface area contributed by atoms with Crippen molar-refractivity contribution in [3.8, 4) is 0 Å². The summed E-state index contributed by atoms with van der Waals surface area (Å²) in [4.78, 5) is 28.8. The summed E-state index contributed by atoms with van der Waals surface area (Å²) in [6.45, 7) is 5.14. The Bertz CT molecular complexity index is 803. The highest BCUT2D eigenvalue weighted by Crippen LogP contribution is 2.42. The van der Waals surface area contributed by atoms with Crippen molar-refractivity contribution in [2.24, 2.45) is 17.3 Å². The molecule has 1 amide bonds. The zero-order valence-corrected chi connectivity index (χ0v) is 15.6. The summed E-state index contributed by atoms with van der Waals surface area (Å²) >= 11 is 0. The lowest BCUT2D eigenvalue weighted by Crippen LogP contribution is -2.42. The number of aliphatic hydroxyl groups is 1. The highest BCUT2D eigenvalue weighted by molar-refractivity contribution is 5.87. The zero-order valence-electron chi connectivity index (χ0n) is 15.6. The maximum atomic E-state index is 12.6. The molecule has 1 aliphatic carbocycles. The first kappa shape index (κ1) is 17.3. The maximum Gasteiger partial charge on any atom is 0.230 e. The summed E-state index contributed by atoms with van der Waals surface area (Å²) in [5, 5.41) is 10.5. The second-order valence-electron chi connectivity index (χ2n) is 8.45. The number of likely N-dealkylation sites (tertiary alicyclic amines) is 1. The Balaban J connectivity index is 1.45. The molecule has 2 aromatic rings. The molecule has 2 aromatic heterocycles. The fraction of sp³-hybridized carbons (Fsp3) is 0.632. The molecule has 2 N–H and O–H groups in total. The standard InChI is InChI=1S/C19H27N5O2/c1-19(2,10-25)18(26)24-8-12-6-14(7-13(12)9-24)23(3)17-15-4-5-20-16(15)21-11-22-17/h4-5,11-14,25H,6-10H2,1-3H3,(H,20,21,22)/t12-,13+,14-. The van der Waals surface area contributed by atoms with Gasteiger partial charge in [-0.25, -0.2) is 9.97 Å². The van der Waals surface area contributed by atoms with Gasteiger partial charge in [-0.3, -0.25) is 4.79 Å². The quantitative estimate of drug-likeness (QED) is 0.869.